The van der Waals surface area contributed by atoms with Gasteiger partial charge in [0, 0.05) is 12.8 Å². The number of carboxylic acids is 1. The summed E-state index contributed by atoms with van der Waals surface area (Å²) >= 11 is 0. The Morgan fingerprint density at radius 3 is 0.964 bits per heavy atom. The average Bonchev–Trinajstić information content (AvgIpc) is 3.46. The zero-order chi connectivity index (χ0) is 60.5. The lowest BCUT2D eigenvalue weighted by molar-refractivity contribution is -0.870. The number of quaternary nitrogens is 1. The van der Waals surface area contributed by atoms with Gasteiger partial charge in [0.1, 0.15) is 13.2 Å². The Kier molecular flexibility index (Phi) is 60.4. The second-order valence-corrected chi connectivity index (χ2v) is 23.3. The van der Waals surface area contributed by atoms with Gasteiger partial charge in [0.25, 0.3) is 0 Å². The number of carboxylic acid groups (broad SMARTS) is 1. The van der Waals surface area contributed by atoms with E-state index in [0.29, 0.717) is 17.4 Å². The van der Waals surface area contributed by atoms with Crippen LogP contribution in [-0.4, -0.2) is 82.3 Å². The van der Waals surface area contributed by atoms with Gasteiger partial charge in [0.15, 0.2) is 12.4 Å². The molecule has 0 aromatic rings. The summed E-state index contributed by atoms with van der Waals surface area (Å²) in [7, 11) is 5.92. The molecule has 0 aliphatic carbocycles. The minimum absolute atomic E-state index is 0.140. The summed E-state index contributed by atoms with van der Waals surface area (Å²) in [5, 5.41) is 11.8. The van der Waals surface area contributed by atoms with Crippen LogP contribution in [0.5, 0.6) is 0 Å². The fourth-order valence-corrected chi connectivity index (χ4v) is 9.12. The van der Waals surface area contributed by atoms with Gasteiger partial charge in [0.2, 0.25) is 0 Å². The molecule has 0 aliphatic heterocycles. The first-order valence-corrected chi connectivity index (χ1v) is 33.7. The molecule has 0 amide bonds. The number of carbonyl (C=O) groups excluding carboxylic acids is 3. The van der Waals surface area contributed by atoms with Crippen molar-refractivity contribution in [2.45, 2.75) is 283 Å². The second kappa shape index (κ2) is 63.7. The van der Waals surface area contributed by atoms with Gasteiger partial charge in [-0.25, -0.2) is 0 Å². The number of unbranched alkanes of at least 4 members (excludes halogenated alkanes) is 26. The lowest BCUT2D eigenvalue weighted by atomic mass is 10.0. The van der Waals surface area contributed by atoms with Crippen LogP contribution in [0.25, 0.3) is 0 Å². The van der Waals surface area contributed by atoms with Crippen molar-refractivity contribution in [2.75, 3.05) is 47.5 Å². The van der Waals surface area contributed by atoms with E-state index in [4.69, 9.17) is 18.9 Å². The minimum Gasteiger partial charge on any atom is -0.545 e. The van der Waals surface area contributed by atoms with Gasteiger partial charge in [-0.05, 0) is 103 Å². The smallest absolute Gasteiger partial charge is 0.306 e. The molecule has 0 radical (unpaired) electrons. The number of rotatable bonds is 61. The van der Waals surface area contributed by atoms with Crippen molar-refractivity contribution in [3.05, 3.63) is 122 Å². The van der Waals surface area contributed by atoms with E-state index in [9.17, 15) is 19.5 Å². The third-order valence-corrected chi connectivity index (χ3v) is 14.2. The van der Waals surface area contributed by atoms with Crippen molar-refractivity contribution in [1.82, 2.24) is 0 Å². The summed E-state index contributed by atoms with van der Waals surface area (Å²) in [6.07, 6.45) is 87.0. The zero-order valence-electron chi connectivity index (χ0n) is 54.0. The lowest BCUT2D eigenvalue weighted by Crippen LogP contribution is -2.44. The molecule has 0 saturated heterocycles. The number of nitrogens with zero attached hydrogens (tertiary/aromatic N) is 1. The van der Waals surface area contributed by atoms with Gasteiger partial charge in [0.05, 0.1) is 40.3 Å². The van der Waals surface area contributed by atoms with Gasteiger partial charge in [-0.3, -0.25) is 9.59 Å². The maximum atomic E-state index is 12.9. The monoisotopic (exact) mass is 1160 g/mol. The summed E-state index contributed by atoms with van der Waals surface area (Å²) in [5.41, 5.74) is 0. The van der Waals surface area contributed by atoms with Crippen LogP contribution in [0.1, 0.15) is 271 Å². The van der Waals surface area contributed by atoms with Crippen LogP contribution in [0.4, 0.5) is 0 Å². The third-order valence-electron chi connectivity index (χ3n) is 14.2. The molecule has 9 nitrogen and oxygen atoms in total. The lowest BCUT2D eigenvalue weighted by Gasteiger charge is -2.26. The molecule has 0 aromatic heterocycles. The summed E-state index contributed by atoms with van der Waals surface area (Å²) in [4.78, 5) is 37.5. The summed E-state index contributed by atoms with van der Waals surface area (Å²) in [6.45, 7) is 4.51. The maximum absolute atomic E-state index is 12.9. The predicted molar refractivity (Wildman–Crippen MR) is 352 cm³/mol. The van der Waals surface area contributed by atoms with E-state index in [2.05, 4.69) is 135 Å². The number of ether oxygens (including phenoxy) is 4. The quantitative estimate of drug-likeness (QED) is 0.0195. The molecule has 0 bridgehead atoms. The molecule has 0 aromatic carbocycles. The van der Waals surface area contributed by atoms with Gasteiger partial charge in [-0.2, -0.15) is 0 Å². The molecule has 0 spiro atoms. The zero-order valence-corrected chi connectivity index (χ0v) is 54.0. The highest BCUT2D eigenvalue weighted by Crippen LogP contribution is 2.17. The Morgan fingerprint density at radius 1 is 0.361 bits per heavy atom. The van der Waals surface area contributed by atoms with Crippen LogP contribution in [0.15, 0.2) is 122 Å². The molecule has 0 fully saturated rings. The van der Waals surface area contributed by atoms with Crippen molar-refractivity contribution in [3.8, 4) is 0 Å². The Morgan fingerprint density at radius 2 is 0.651 bits per heavy atom. The van der Waals surface area contributed by atoms with Crippen molar-refractivity contribution < 1.29 is 42.9 Å². The van der Waals surface area contributed by atoms with Crippen LogP contribution in [0, 0.1) is 0 Å². The molecule has 83 heavy (non-hydrogen) atoms. The molecule has 474 valence electrons. The average molecular weight is 1160 g/mol. The van der Waals surface area contributed by atoms with Gasteiger partial charge in [-0.15, -0.1) is 0 Å². The van der Waals surface area contributed by atoms with Crippen molar-refractivity contribution in [3.63, 3.8) is 0 Å². The number of carbonyl (C=O) groups is 3. The molecule has 0 N–H and O–H groups in total. The Hall–Kier alpha value is -4.31. The summed E-state index contributed by atoms with van der Waals surface area (Å²) in [5.74, 6) is -2.30. The van der Waals surface area contributed by atoms with E-state index in [-0.39, 0.29) is 38.6 Å². The molecule has 2 atom stereocenters. The molecule has 0 saturated carbocycles. The largest absolute Gasteiger partial charge is 0.545 e. The Bertz CT molecular complexity index is 1780. The highest BCUT2D eigenvalue weighted by Gasteiger charge is 2.22. The number of likely N-dealkylation sites (N-methyl/N-ethyl adjacent to an activating group) is 1. The molecular formula is C74H125NO8. The standard InChI is InChI=1S/C74H125NO8/c1-6-8-10-12-14-16-18-20-22-24-26-28-30-32-33-34-35-36-37-38-39-41-42-44-46-48-50-52-54-56-58-60-62-64-71(76)81-68-70(69-82-74(73(78)79)80-67-66-75(3,4)5)83-72(77)65-63-61-59-57-55-53-51-49-47-45-43-40-31-29-27-25-23-21-19-17-15-13-11-9-7-2/h8-11,14-17,20-23,26-29,40,43,47,49,70,74H,6-7,12-13,18-19,24-25,30-39,41-42,44-46,48,50-69H2,1-5H3/b10-8-,11-9-,16-14-,17-15-,22-20-,23-21-,28-26-,29-27-,43-40-,49-47-. The number of aliphatic carboxylic acids is 1. The molecule has 2 unspecified atom stereocenters. The number of esters is 2. The Labute approximate surface area is 510 Å². The minimum atomic E-state index is -1.63. The van der Waals surface area contributed by atoms with E-state index in [1.54, 1.807) is 0 Å². The predicted octanol–water partition coefficient (Wildman–Crippen LogP) is 19.5. The normalized spacial score (nSPS) is 13.5. The fraction of sp³-hybridized carbons (Fsp3) is 0.689. The molecule has 0 aliphatic rings. The highest BCUT2D eigenvalue weighted by molar-refractivity contribution is 5.70. The first kappa shape index (κ1) is 78.7. The van der Waals surface area contributed by atoms with Crippen LogP contribution in [-0.2, 0) is 33.3 Å². The summed E-state index contributed by atoms with van der Waals surface area (Å²) in [6, 6.07) is 0. The number of hydrogen-bond acceptors (Lipinski definition) is 8. The van der Waals surface area contributed by atoms with Gasteiger partial charge < -0.3 is 33.3 Å². The van der Waals surface area contributed by atoms with Crippen molar-refractivity contribution in [1.29, 1.82) is 0 Å². The fourth-order valence-electron chi connectivity index (χ4n) is 9.12. The highest BCUT2D eigenvalue weighted by atomic mass is 16.7. The van der Waals surface area contributed by atoms with Crippen LogP contribution in [0.2, 0.25) is 0 Å². The van der Waals surface area contributed by atoms with E-state index in [1.807, 2.05) is 21.1 Å². The number of allylic oxidation sites excluding steroid dienone is 20. The maximum Gasteiger partial charge on any atom is 0.306 e. The molecule has 0 heterocycles. The Balaban J connectivity index is 4.14. The van der Waals surface area contributed by atoms with Crippen LogP contribution in [0.3, 0.4) is 0 Å². The first-order valence-electron chi connectivity index (χ1n) is 33.7. The van der Waals surface area contributed by atoms with Crippen LogP contribution >= 0.6 is 0 Å². The third kappa shape index (κ3) is 65.1. The number of hydrogen-bond donors (Lipinski definition) is 0. The first-order chi connectivity index (χ1) is 40.6. The van der Waals surface area contributed by atoms with Gasteiger partial charge >= 0.3 is 11.9 Å². The molecule has 0 rings (SSSR count). The van der Waals surface area contributed by atoms with Crippen molar-refractivity contribution in [2.24, 2.45) is 0 Å². The van der Waals surface area contributed by atoms with E-state index in [1.165, 1.54) is 116 Å². The van der Waals surface area contributed by atoms with E-state index < -0.39 is 24.3 Å². The molecular weight excluding hydrogens is 1030 g/mol. The van der Waals surface area contributed by atoms with Gasteiger partial charge in [-0.1, -0.05) is 277 Å². The second-order valence-electron chi connectivity index (χ2n) is 23.3. The van der Waals surface area contributed by atoms with Crippen LogP contribution < -0.4 is 5.11 Å². The summed E-state index contributed by atoms with van der Waals surface area (Å²) < 4.78 is 22.8. The van der Waals surface area contributed by atoms with E-state index >= 15 is 0 Å². The molecule has 9 heteroatoms. The SMILES string of the molecule is CC/C=C\C/C=C\C/C=C\C/C=C\C/C=C\C/C=C\CCCCCCCCC(=O)OC(COC(=O)CCCCCCCCCCCCCCCCCCCCCC/C=C\C/C=C\C/C=C\C/C=C\CC)COC(OCC[N+](C)(C)C)C(=O)[O-]. The van der Waals surface area contributed by atoms with E-state index in [0.717, 1.165) is 122 Å². The topological polar surface area (TPSA) is 111 Å². The van der Waals surface area contributed by atoms with Crippen molar-refractivity contribution >= 4 is 17.9 Å².